The van der Waals surface area contributed by atoms with Gasteiger partial charge in [-0.2, -0.15) is 0 Å². The monoisotopic (exact) mass is 270 g/mol. The molecule has 0 aliphatic rings. The van der Waals surface area contributed by atoms with E-state index < -0.39 is 0 Å². The maximum atomic E-state index is 3.77. The van der Waals surface area contributed by atoms with Crippen LogP contribution in [0.1, 0.15) is 75.8 Å². The first-order chi connectivity index (χ1) is 9.86. The number of hydrogen-bond acceptors (Lipinski definition) is 0. The van der Waals surface area contributed by atoms with Crippen molar-refractivity contribution in [2.45, 2.75) is 64.7 Å². The first kappa shape index (κ1) is 16.8. The number of benzene rings is 1. The summed E-state index contributed by atoms with van der Waals surface area (Å²) in [5, 5.41) is 0. The Morgan fingerprint density at radius 1 is 0.800 bits per heavy atom. The maximum Gasteiger partial charge on any atom is -0.0259 e. The smallest absolute Gasteiger partial charge is 0.0259 e. The summed E-state index contributed by atoms with van der Waals surface area (Å²) in [5.74, 6) is 0. The van der Waals surface area contributed by atoms with Crippen molar-refractivity contribution < 1.29 is 0 Å². The van der Waals surface area contributed by atoms with Crippen molar-refractivity contribution in [3.05, 3.63) is 48.0 Å². The van der Waals surface area contributed by atoms with Crippen molar-refractivity contribution in [3.8, 4) is 0 Å². The predicted molar refractivity (Wildman–Crippen MR) is 92.8 cm³/mol. The Balaban J connectivity index is 2.02. The Bertz CT molecular complexity index is 370. The molecule has 0 radical (unpaired) electrons. The van der Waals surface area contributed by atoms with Crippen LogP contribution in [0.3, 0.4) is 0 Å². The van der Waals surface area contributed by atoms with E-state index >= 15 is 0 Å². The summed E-state index contributed by atoms with van der Waals surface area (Å²) in [5.41, 5.74) is 2.47. The van der Waals surface area contributed by atoms with Gasteiger partial charge in [-0.15, -0.1) is 0 Å². The Morgan fingerprint density at radius 2 is 1.35 bits per heavy atom. The molecule has 1 rings (SSSR count). The SMILES string of the molecule is C=Cc1ccc(C=CCCCCCCCCCC)cc1. The summed E-state index contributed by atoms with van der Waals surface area (Å²) < 4.78 is 0. The van der Waals surface area contributed by atoms with Crippen LogP contribution in [0.2, 0.25) is 0 Å². The number of rotatable bonds is 11. The normalized spacial score (nSPS) is 11.1. The van der Waals surface area contributed by atoms with Gasteiger partial charge in [-0.3, -0.25) is 0 Å². The van der Waals surface area contributed by atoms with E-state index in [0.29, 0.717) is 0 Å². The van der Waals surface area contributed by atoms with Crippen molar-refractivity contribution in [1.82, 2.24) is 0 Å². The summed E-state index contributed by atoms with van der Waals surface area (Å²) in [6, 6.07) is 8.54. The van der Waals surface area contributed by atoms with Crippen molar-refractivity contribution in [3.63, 3.8) is 0 Å². The molecule has 0 aromatic heterocycles. The molecule has 0 bridgehead atoms. The van der Waals surface area contributed by atoms with Crippen LogP contribution >= 0.6 is 0 Å². The Labute approximate surface area is 125 Å². The van der Waals surface area contributed by atoms with Gasteiger partial charge in [0.15, 0.2) is 0 Å². The molecule has 0 heterocycles. The van der Waals surface area contributed by atoms with Crippen LogP contribution in [0.5, 0.6) is 0 Å². The lowest BCUT2D eigenvalue weighted by atomic mass is 10.1. The quantitative estimate of drug-likeness (QED) is 0.385. The lowest BCUT2D eigenvalue weighted by Crippen LogP contribution is -1.80. The van der Waals surface area contributed by atoms with Gasteiger partial charge in [0.25, 0.3) is 0 Å². The molecule has 0 fully saturated rings. The van der Waals surface area contributed by atoms with Gasteiger partial charge in [0.05, 0.1) is 0 Å². The summed E-state index contributed by atoms with van der Waals surface area (Å²) in [6.07, 6.45) is 18.8. The van der Waals surface area contributed by atoms with Gasteiger partial charge < -0.3 is 0 Å². The van der Waals surface area contributed by atoms with E-state index in [2.05, 4.69) is 49.9 Å². The average Bonchev–Trinajstić information content (AvgIpc) is 2.50. The highest BCUT2D eigenvalue weighted by molar-refractivity contribution is 5.54. The minimum atomic E-state index is 1.19. The van der Waals surface area contributed by atoms with Crippen molar-refractivity contribution in [2.24, 2.45) is 0 Å². The first-order valence-electron chi connectivity index (χ1n) is 8.26. The van der Waals surface area contributed by atoms with Crippen molar-refractivity contribution >= 4 is 12.2 Å². The molecule has 0 heteroatoms. The van der Waals surface area contributed by atoms with Gasteiger partial charge in [0, 0.05) is 0 Å². The molecule has 0 atom stereocenters. The second-order valence-electron chi connectivity index (χ2n) is 5.54. The minimum Gasteiger partial charge on any atom is -0.0985 e. The van der Waals surface area contributed by atoms with Gasteiger partial charge >= 0.3 is 0 Å². The molecule has 20 heavy (non-hydrogen) atoms. The molecule has 0 saturated heterocycles. The third-order valence-corrected chi connectivity index (χ3v) is 3.71. The molecule has 1 aromatic carbocycles. The summed E-state index contributed by atoms with van der Waals surface area (Å²) in [6.45, 7) is 6.04. The van der Waals surface area contributed by atoms with E-state index in [9.17, 15) is 0 Å². The third kappa shape index (κ3) is 7.99. The summed E-state index contributed by atoms with van der Waals surface area (Å²) in [4.78, 5) is 0. The zero-order valence-electron chi connectivity index (χ0n) is 13.1. The van der Waals surface area contributed by atoms with Crippen LogP contribution in [0.4, 0.5) is 0 Å². The second kappa shape index (κ2) is 11.5. The Kier molecular flexibility index (Phi) is 9.65. The number of hydrogen-bond donors (Lipinski definition) is 0. The van der Waals surface area contributed by atoms with Crippen LogP contribution in [0, 0.1) is 0 Å². The Hall–Kier alpha value is -1.30. The van der Waals surface area contributed by atoms with E-state index in [-0.39, 0.29) is 0 Å². The molecule has 0 aliphatic heterocycles. The molecule has 0 unspecified atom stereocenters. The largest absolute Gasteiger partial charge is 0.0985 e. The molecule has 0 N–H and O–H groups in total. The van der Waals surface area contributed by atoms with Gasteiger partial charge in [-0.25, -0.2) is 0 Å². The van der Waals surface area contributed by atoms with Gasteiger partial charge in [0.2, 0.25) is 0 Å². The zero-order valence-corrected chi connectivity index (χ0v) is 13.1. The zero-order chi connectivity index (χ0) is 14.5. The lowest BCUT2D eigenvalue weighted by molar-refractivity contribution is 0.578. The van der Waals surface area contributed by atoms with E-state index in [1.807, 2.05) is 6.08 Å². The number of unbranched alkanes of at least 4 members (excludes halogenated alkanes) is 8. The van der Waals surface area contributed by atoms with Gasteiger partial charge in [-0.1, -0.05) is 101 Å². The lowest BCUT2D eigenvalue weighted by Gasteiger charge is -2.00. The molecule has 0 saturated carbocycles. The average molecular weight is 270 g/mol. The van der Waals surface area contributed by atoms with E-state index in [0.717, 1.165) is 0 Å². The Morgan fingerprint density at radius 3 is 1.95 bits per heavy atom. The van der Waals surface area contributed by atoms with Gasteiger partial charge in [-0.05, 0) is 24.0 Å². The first-order valence-corrected chi connectivity index (χ1v) is 8.26. The fraction of sp³-hybridized carbons (Fsp3) is 0.500. The number of allylic oxidation sites excluding steroid dienone is 1. The van der Waals surface area contributed by atoms with E-state index in [1.54, 1.807) is 0 Å². The standard InChI is InChI=1S/C20H30/c1-3-5-6-7-8-9-10-11-12-13-14-20-17-15-19(4-2)16-18-20/h4,13-18H,2-3,5-12H2,1H3. The van der Waals surface area contributed by atoms with E-state index in [1.165, 1.54) is 68.9 Å². The van der Waals surface area contributed by atoms with Crippen LogP contribution in [0.15, 0.2) is 36.9 Å². The van der Waals surface area contributed by atoms with Crippen LogP contribution in [0.25, 0.3) is 12.2 Å². The molecule has 110 valence electrons. The van der Waals surface area contributed by atoms with Crippen LogP contribution in [-0.4, -0.2) is 0 Å². The highest BCUT2D eigenvalue weighted by Crippen LogP contribution is 2.11. The summed E-state index contributed by atoms with van der Waals surface area (Å²) in [7, 11) is 0. The highest BCUT2D eigenvalue weighted by Gasteiger charge is 1.91. The molecular formula is C20H30. The maximum absolute atomic E-state index is 3.77. The predicted octanol–water partition coefficient (Wildman–Crippen LogP) is 6.87. The molecule has 1 aromatic rings. The van der Waals surface area contributed by atoms with Crippen molar-refractivity contribution in [2.75, 3.05) is 0 Å². The van der Waals surface area contributed by atoms with Crippen molar-refractivity contribution in [1.29, 1.82) is 0 Å². The van der Waals surface area contributed by atoms with Crippen LogP contribution < -0.4 is 0 Å². The third-order valence-electron chi connectivity index (χ3n) is 3.71. The molecule has 0 aliphatic carbocycles. The van der Waals surface area contributed by atoms with Crippen LogP contribution in [-0.2, 0) is 0 Å². The molecule has 0 amide bonds. The summed E-state index contributed by atoms with van der Waals surface area (Å²) >= 11 is 0. The fourth-order valence-corrected chi connectivity index (χ4v) is 2.36. The van der Waals surface area contributed by atoms with E-state index in [4.69, 9.17) is 0 Å². The topological polar surface area (TPSA) is 0 Å². The minimum absolute atomic E-state index is 1.19. The molecule has 0 spiro atoms. The molecular weight excluding hydrogens is 240 g/mol. The molecule has 0 nitrogen and oxygen atoms in total. The van der Waals surface area contributed by atoms with Gasteiger partial charge in [0.1, 0.15) is 0 Å². The fourth-order valence-electron chi connectivity index (χ4n) is 2.36. The highest BCUT2D eigenvalue weighted by atomic mass is 14.0. The second-order valence-corrected chi connectivity index (χ2v) is 5.54.